The first-order valence-electron chi connectivity index (χ1n) is 6.69. The molecular formula is C15H20N2O3S. The van der Waals surface area contributed by atoms with Crippen molar-refractivity contribution in [2.45, 2.75) is 24.1 Å². The lowest BCUT2D eigenvalue weighted by atomic mass is 10.0. The van der Waals surface area contributed by atoms with Crippen LogP contribution in [0.15, 0.2) is 58.2 Å². The Hall–Kier alpha value is -1.63. The Balaban J connectivity index is 2.23. The Morgan fingerprint density at radius 1 is 1.10 bits per heavy atom. The summed E-state index contributed by atoms with van der Waals surface area (Å²) in [5.74, 6) is 0. The summed E-state index contributed by atoms with van der Waals surface area (Å²) in [7, 11) is 0.206. The van der Waals surface area contributed by atoms with Gasteiger partial charge in [-0.2, -0.15) is 0 Å². The summed E-state index contributed by atoms with van der Waals surface area (Å²) in [6, 6.07) is 12.4. The fraction of sp³-hybridized carbons (Fsp3) is 0.333. The zero-order chi connectivity index (χ0) is 15.5. The van der Waals surface area contributed by atoms with Crippen LogP contribution >= 0.6 is 0 Å². The number of hydrogen-bond donors (Lipinski definition) is 1. The number of hydrogen-bond acceptors (Lipinski definition) is 4. The van der Waals surface area contributed by atoms with Crippen LogP contribution in [0.2, 0.25) is 0 Å². The van der Waals surface area contributed by atoms with E-state index in [1.807, 2.05) is 56.3 Å². The molecule has 2 rings (SSSR count). The molecule has 0 saturated carbocycles. The van der Waals surface area contributed by atoms with E-state index in [2.05, 4.69) is 4.72 Å². The van der Waals surface area contributed by atoms with Gasteiger partial charge in [0.05, 0.1) is 12.3 Å². The molecule has 5 nitrogen and oxygen atoms in total. The molecule has 0 fully saturated rings. The van der Waals surface area contributed by atoms with E-state index in [9.17, 15) is 8.42 Å². The van der Waals surface area contributed by atoms with Crippen molar-refractivity contribution in [3.8, 4) is 0 Å². The number of nitrogens with zero attached hydrogens (tertiary/aromatic N) is 1. The zero-order valence-corrected chi connectivity index (χ0v) is 13.2. The minimum absolute atomic E-state index is 0.0695. The molecule has 0 aliphatic carbocycles. The van der Waals surface area contributed by atoms with Crippen LogP contribution in [0.1, 0.15) is 18.5 Å². The summed E-state index contributed by atoms with van der Waals surface area (Å²) in [6.07, 6.45) is 1.35. The minimum atomic E-state index is -3.65. The van der Waals surface area contributed by atoms with E-state index in [0.717, 1.165) is 5.56 Å². The van der Waals surface area contributed by atoms with Crippen molar-refractivity contribution >= 4 is 10.0 Å². The van der Waals surface area contributed by atoms with E-state index >= 15 is 0 Å². The van der Waals surface area contributed by atoms with Crippen LogP contribution in [0.3, 0.4) is 0 Å². The highest BCUT2D eigenvalue weighted by Gasteiger charge is 2.27. The summed E-state index contributed by atoms with van der Waals surface area (Å²) in [6.45, 7) is 1.85. The fourth-order valence-electron chi connectivity index (χ4n) is 2.47. The van der Waals surface area contributed by atoms with E-state index in [0.29, 0.717) is 0 Å². The van der Waals surface area contributed by atoms with E-state index in [4.69, 9.17) is 4.42 Å². The highest BCUT2D eigenvalue weighted by molar-refractivity contribution is 7.89. The van der Waals surface area contributed by atoms with Gasteiger partial charge in [-0.15, -0.1) is 0 Å². The molecule has 1 aromatic carbocycles. The molecule has 0 aliphatic rings. The molecule has 0 saturated heterocycles. The normalized spacial score (nSPS) is 15.0. The molecule has 114 valence electrons. The van der Waals surface area contributed by atoms with Gasteiger partial charge in [0, 0.05) is 6.04 Å². The fourth-order valence-corrected chi connectivity index (χ4v) is 3.64. The van der Waals surface area contributed by atoms with Gasteiger partial charge < -0.3 is 9.32 Å². The topological polar surface area (TPSA) is 62.6 Å². The van der Waals surface area contributed by atoms with Gasteiger partial charge >= 0.3 is 0 Å². The van der Waals surface area contributed by atoms with E-state index in [1.165, 1.54) is 12.3 Å². The predicted octanol–water partition coefficient (Wildman–Crippen LogP) is 2.25. The van der Waals surface area contributed by atoms with Crippen LogP contribution in [-0.2, 0) is 10.0 Å². The summed E-state index contributed by atoms with van der Waals surface area (Å²) in [5, 5.41) is -0.0695. The second-order valence-corrected chi connectivity index (χ2v) is 6.81. The first-order chi connectivity index (χ1) is 9.92. The van der Waals surface area contributed by atoms with Crippen molar-refractivity contribution in [2.24, 2.45) is 0 Å². The van der Waals surface area contributed by atoms with Crippen LogP contribution in [0.5, 0.6) is 0 Å². The van der Waals surface area contributed by atoms with E-state index < -0.39 is 10.0 Å². The Labute approximate surface area is 125 Å². The number of furan rings is 1. The van der Waals surface area contributed by atoms with Crippen LogP contribution < -0.4 is 4.72 Å². The molecule has 0 amide bonds. The third kappa shape index (κ3) is 3.72. The lowest BCUT2D eigenvalue weighted by Crippen LogP contribution is -2.42. The Morgan fingerprint density at radius 3 is 2.29 bits per heavy atom. The smallest absolute Gasteiger partial charge is 0.274 e. The molecule has 2 aromatic rings. The predicted molar refractivity (Wildman–Crippen MR) is 81.4 cm³/mol. The summed E-state index contributed by atoms with van der Waals surface area (Å²) < 4.78 is 32.1. The highest BCUT2D eigenvalue weighted by Crippen LogP contribution is 2.23. The largest absolute Gasteiger partial charge is 0.452 e. The number of nitrogens with one attached hydrogen (secondary N) is 1. The second kappa shape index (κ2) is 6.43. The van der Waals surface area contributed by atoms with Gasteiger partial charge in [-0.1, -0.05) is 30.3 Å². The van der Waals surface area contributed by atoms with E-state index in [-0.39, 0.29) is 17.2 Å². The zero-order valence-electron chi connectivity index (χ0n) is 12.4. The number of likely N-dealkylation sites (N-methyl/N-ethyl adjacent to an activating group) is 1. The van der Waals surface area contributed by atoms with Crippen molar-refractivity contribution in [1.82, 2.24) is 9.62 Å². The van der Waals surface area contributed by atoms with Crippen LogP contribution in [0, 0.1) is 0 Å². The molecule has 1 heterocycles. The standard InChI is InChI=1S/C15H20N2O3S/c1-12(16-21(18,19)14-10-7-11-20-14)15(17(2)3)13-8-5-4-6-9-13/h4-12,15-16H,1-3H3/t12-,15-/m0/s1. The first-order valence-corrected chi connectivity index (χ1v) is 8.17. The average Bonchev–Trinajstić information content (AvgIpc) is 2.93. The second-order valence-electron chi connectivity index (χ2n) is 5.16. The lowest BCUT2D eigenvalue weighted by Gasteiger charge is -2.30. The molecule has 1 N–H and O–H groups in total. The van der Waals surface area contributed by atoms with Gasteiger partial charge in [-0.3, -0.25) is 0 Å². The maximum Gasteiger partial charge on any atom is 0.274 e. The molecule has 0 radical (unpaired) electrons. The van der Waals surface area contributed by atoms with Crippen LogP contribution in [-0.4, -0.2) is 33.5 Å². The third-order valence-electron chi connectivity index (χ3n) is 3.27. The van der Waals surface area contributed by atoms with Gasteiger partial charge in [0.2, 0.25) is 5.09 Å². The Bertz CT molecular complexity index is 651. The summed E-state index contributed by atoms with van der Waals surface area (Å²) >= 11 is 0. The van der Waals surface area contributed by atoms with Gasteiger partial charge in [-0.25, -0.2) is 13.1 Å². The first kappa shape index (κ1) is 15.8. The maximum absolute atomic E-state index is 12.2. The molecule has 0 aliphatic heterocycles. The lowest BCUT2D eigenvalue weighted by molar-refractivity contribution is 0.255. The molecule has 0 spiro atoms. The number of rotatable bonds is 6. The highest BCUT2D eigenvalue weighted by atomic mass is 32.2. The Kier molecular flexibility index (Phi) is 4.82. The van der Waals surface area contributed by atoms with Crippen molar-refractivity contribution in [3.05, 3.63) is 54.3 Å². The van der Waals surface area contributed by atoms with Crippen molar-refractivity contribution in [3.63, 3.8) is 0 Å². The number of sulfonamides is 1. The maximum atomic E-state index is 12.2. The number of benzene rings is 1. The minimum Gasteiger partial charge on any atom is -0.452 e. The average molecular weight is 308 g/mol. The van der Waals surface area contributed by atoms with Gasteiger partial charge in [0.1, 0.15) is 0 Å². The monoisotopic (exact) mass is 308 g/mol. The summed E-state index contributed by atoms with van der Waals surface area (Å²) in [4.78, 5) is 1.99. The molecule has 0 unspecified atom stereocenters. The molecule has 2 atom stereocenters. The molecular weight excluding hydrogens is 288 g/mol. The molecule has 21 heavy (non-hydrogen) atoms. The molecule has 6 heteroatoms. The van der Waals surface area contributed by atoms with Crippen LogP contribution in [0.4, 0.5) is 0 Å². The third-order valence-corrected chi connectivity index (χ3v) is 4.72. The summed E-state index contributed by atoms with van der Waals surface area (Å²) in [5.41, 5.74) is 1.05. The van der Waals surface area contributed by atoms with E-state index in [1.54, 1.807) is 6.07 Å². The van der Waals surface area contributed by atoms with Crippen LogP contribution in [0.25, 0.3) is 0 Å². The van der Waals surface area contributed by atoms with Crippen molar-refractivity contribution in [1.29, 1.82) is 0 Å². The van der Waals surface area contributed by atoms with Gasteiger partial charge in [0.15, 0.2) is 0 Å². The van der Waals surface area contributed by atoms with Gasteiger partial charge in [0.25, 0.3) is 10.0 Å². The quantitative estimate of drug-likeness (QED) is 0.889. The molecule has 1 aromatic heterocycles. The SMILES string of the molecule is C[C@H](NS(=O)(=O)c1ccco1)[C@@H](c1ccccc1)N(C)C. The van der Waals surface area contributed by atoms with Crippen molar-refractivity contribution in [2.75, 3.05) is 14.1 Å². The van der Waals surface area contributed by atoms with Crippen molar-refractivity contribution < 1.29 is 12.8 Å². The van der Waals surface area contributed by atoms with Gasteiger partial charge in [-0.05, 0) is 38.7 Å². The molecule has 0 bridgehead atoms. The Morgan fingerprint density at radius 2 is 1.76 bits per heavy atom.